The van der Waals surface area contributed by atoms with Gasteiger partial charge in [-0.3, -0.25) is 9.78 Å². The van der Waals surface area contributed by atoms with Crippen LogP contribution in [0.2, 0.25) is 0 Å². The van der Waals surface area contributed by atoms with Crippen molar-refractivity contribution in [3.63, 3.8) is 0 Å². The summed E-state index contributed by atoms with van der Waals surface area (Å²) in [5, 5.41) is 0. The molecule has 0 spiro atoms. The van der Waals surface area contributed by atoms with Gasteiger partial charge in [0.15, 0.2) is 6.17 Å². The third-order valence-electron chi connectivity index (χ3n) is 2.61. The van der Waals surface area contributed by atoms with Gasteiger partial charge in [0.2, 0.25) is 0 Å². The number of alkyl halides is 1. The van der Waals surface area contributed by atoms with Crippen molar-refractivity contribution in [3.05, 3.63) is 29.6 Å². The summed E-state index contributed by atoms with van der Waals surface area (Å²) in [5.41, 5.74) is 6.84. The molecule has 2 atom stereocenters. The first-order valence-corrected chi connectivity index (χ1v) is 4.54. The van der Waals surface area contributed by atoms with Crippen LogP contribution in [0.1, 0.15) is 11.3 Å². The summed E-state index contributed by atoms with van der Waals surface area (Å²) in [5.74, 6) is -1.19. The molecule has 1 amide bonds. The highest BCUT2D eigenvalue weighted by atomic mass is 19.1. The maximum Gasteiger partial charge on any atom is 0.252 e. The van der Waals surface area contributed by atoms with E-state index in [4.69, 9.17) is 5.73 Å². The first-order valence-electron chi connectivity index (χ1n) is 4.54. The Balaban J connectivity index is 2.15. The molecule has 1 aromatic rings. The first kappa shape index (κ1) is 9.12. The fourth-order valence-corrected chi connectivity index (χ4v) is 1.88. The van der Waals surface area contributed by atoms with Crippen molar-refractivity contribution < 1.29 is 9.18 Å². The number of rotatable bonds is 2. The molecule has 0 aliphatic heterocycles. The summed E-state index contributed by atoms with van der Waals surface area (Å²) in [6, 6.07) is 3.73. The molecule has 2 rings (SSSR count). The van der Waals surface area contributed by atoms with Crippen LogP contribution in [-0.4, -0.2) is 17.1 Å². The smallest absolute Gasteiger partial charge is 0.252 e. The van der Waals surface area contributed by atoms with E-state index in [0.29, 0.717) is 12.8 Å². The summed E-state index contributed by atoms with van der Waals surface area (Å²) in [6.07, 6.45) is 1.20. The molecule has 4 heteroatoms. The molecule has 1 aromatic heterocycles. The van der Waals surface area contributed by atoms with E-state index in [1.165, 1.54) is 0 Å². The van der Waals surface area contributed by atoms with Crippen molar-refractivity contribution in [3.8, 4) is 0 Å². The predicted octanol–water partition coefficient (Wildman–Crippen LogP) is 0.620. The highest BCUT2D eigenvalue weighted by Gasteiger charge is 2.32. The molecule has 0 saturated carbocycles. The standard InChI is InChI=1S/C10H11FN2O/c11-9(10(12)14)7-4-6-2-1-3-13-8(6)5-7/h1-3,7,9H,4-5H2,(H2,12,14). The van der Waals surface area contributed by atoms with E-state index < -0.39 is 12.1 Å². The molecule has 0 bridgehead atoms. The van der Waals surface area contributed by atoms with E-state index in [9.17, 15) is 9.18 Å². The Hall–Kier alpha value is -1.45. The number of nitrogens with zero attached hydrogens (tertiary/aromatic N) is 1. The summed E-state index contributed by atoms with van der Waals surface area (Å²) < 4.78 is 13.3. The van der Waals surface area contributed by atoms with Crippen LogP contribution in [0.3, 0.4) is 0 Å². The van der Waals surface area contributed by atoms with E-state index in [2.05, 4.69) is 4.98 Å². The molecule has 14 heavy (non-hydrogen) atoms. The van der Waals surface area contributed by atoms with Gasteiger partial charge in [0, 0.05) is 17.8 Å². The van der Waals surface area contributed by atoms with Gasteiger partial charge in [0.1, 0.15) is 0 Å². The third-order valence-corrected chi connectivity index (χ3v) is 2.61. The average molecular weight is 194 g/mol. The van der Waals surface area contributed by atoms with Gasteiger partial charge in [0.25, 0.3) is 5.91 Å². The number of hydrogen-bond acceptors (Lipinski definition) is 2. The van der Waals surface area contributed by atoms with Crippen LogP contribution in [0.4, 0.5) is 4.39 Å². The van der Waals surface area contributed by atoms with Gasteiger partial charge in [-0.2, -0.15) is 0 Å². The number of nitrogens with two attached hydrogens (primary N) is 1. The molecule has 74 valence electrons. The van der Waals surface area contributed by atoms with Crippen LogP contribution in [-0.2, 0) is 17.6 Å². The quantitative estimate of drug-likeness (QED) is 0.750. The SMILES string of the molecule is NC(=O)C(F)C1Cc2cccnc2C1. The Morgan fingerprint density at radius 1 is 1.64 bits per heavy atom. The van der Waals surface area contributed by atoms with Crippen molar-refractivity contribution >= 4 is 5.91 Å². The lowest BCUT2D eigenvalue weighted by Crippen LogP contribution is -2.32. The van der Waals surface area contributed by atoms with Crippen molar-refractivity contribution in [2.45, 2.75) is 19.0 Å². The fourth-order valence-electron chi connectivity index (χ4n) is 1.88. The Labute approximate surface area is 81.1 Å². The third kappa shape index (κ3) is 1.47. The zero-order chi connectivity index (χ0) is 10.1. The van der Waals surface area contributed by atoms with Gasteiger partial charge in [0.05, 0.1) is 0 Å². The Morgan fingerprint density at radius 3 is 3.07 bits per heavy atom. The summed E-state index contributed by atoms with van der Waals surface area (Å²) in [7, 11) is 0. The highest BCUT2D eigenvalue weighted by molar-refractivity contribution is 5.79. The molecule has 0 aromatic carbocycles. The second-order valence-corrected chi connectivity index (χ2v) is 3.58. The highest BCUT2D eigenvalue weighted by Crippen LogP contribution is 2.28. The normalized spacial score (nSPS) is 21.6. The van der Waals surface area contributed by atoms with Gasteiger partial charge < -0.3 is 5.73 Å². The maximum atomic E-state index is 13.3. The second kappa shape index (κ2) is 3.36. The van der Waals surface area contributed by atoms with E-state index in [1.54, 1.807) is 6.20 Å². The number of carbonyl (C=O) groups excluding carboxylic acids is 1. The van der Waals surface area contributed by atoms with Gasteiger partial charge >= 0.3 is 0 Å². The fraction of sp³-hybridized carbons (Fsp3) is 0.400. The number of aromatic nitrogens is 1. The van der Waals surface area contributed by atoms with Gasteiger partial charge in [-0.05, 0) is 24.5 Å². The lowest BCUT2D eigenvalue weighted by atomic mass is 10.0. The lowest BCUT2D eigenvalue weighted by Gasteiger charge is -2.10. The van der Waals surface area contributed by atoms with E-state index in [-0.39, 0.29) is 5.92 Å². The van der Waals surface area contributed by atoms with Gasteiger partial charge in [-0.15, -0.1) is 0 Å². The molecule has 0 saturated heterocycles. The Kier molecular flexibility index (Phi) is 2.19. The van der Waals surface area contributed by atoms with Crippen LogP contribution in [0, 0.1) is 5.92 Å². The molecule has 1 aliphatic rings. The van der Waals surface area contributed by atoms with Crippen molar-refractivity contribution in [1.82, 2.24) is 4.98 Å². The number of carbonyl (C=O) groups is 1. The average Bonchev–Trinajstić information content (AvgIpc) is 2.59. The molecule has 0 radical (unpaired) electrons. The number of hydrogen-bond donors (Lipinski definition) is 1. The zero-order valence-electron chi connectivity index (χ0n) is 7.61. The molecule has 2 unspecified atom stereocenters. The van der Waals surface area contributed by atoms with Gasteiger partial charge in [-0.1, -0.05) is 6.07 Å². The van der Waals surface area contributed by atoms with E-state index >= 15 is 0 Å². The first-order chi connectivity index (χ1) is 6.68. The number of amides is 1. The zero-order valence-corrected chi connectivity index (χ0v) is 7.61. The molecule has 0 fully saturated rings. The molecular weight excluding hydrogens is 183 g/mol. The van der Waals surface area contributed by atoms with Crippen molar-refractivity contribution in [2.75, 3.05) is 0 Å². The predicted molar refractivity (Wildman–Crippen MR) is 49.2 cm³/mol. The van der Waals surface area contributed by atoms with Crippen LogP contribution < -0.4 is 5.73 Å². The molecule has 2 N–H and O–H groups in total. The second-order valence-electron chi connectivity index (χ2n) is 3.58. The van der Waals surface area contributed by atoms with Crippen LogP contribution in [0.15, 0.2) is 18.3 Å². The van der Waals surface area contributed by atoms with Gasteiger partial charge in [-0.25, -0.2) is 4.39 Å². The lowest BCUT2D eigenvalue weighted by molar-refractivity contribution is -0.124. The molecule has 1 heterocycles. The van der Waals surface area contributed by atoms with Crippen molar-refractivity contribution in [1.29, 1.82) is 0 Å². The number of primary amides is 1. The number of pyridine rings is 1. The van der Waals surface area contributed by atoms with E-state index in [0.717, 1.165) is 11.3 Å². The summed E-state index contributed by atoms with van der Waals surface area (Å²) in [6.45, 7) is 0. The summed E-state index contributed by atoms with van der Waals surface area (Å²) >= 11 is 0. The minimum absolute atomic E-state index is 0.322. The topological polar surface area (TPSA) is 56.0 Å². The number of fused-ring (bicyclic) bond motifs is 1. The number of halogens is 1. The molecular formula is C10H11FN2O. The minimum atomic E-state index is -1.55. The minimum Gasteiger partial charge on any atom is -0.367 e. The molecule has 3 nitrogen and oxygen atoms in total. The summed E-state index contributed by atoms with van der Waals surface area (Å²) in [4.78, 5) is 14.8. The Morgan fingerprint density at radius 2 is 2.43 bits per heavy atom. The Bertz CT molecular complexity index is 342. The molecule has 1 aliphatic carbocycles. The largest absolute Gasteiger partial charge is 0.367 e. The van der Waals surface area contributed by atoms with E-state index in [1.807, 2.05) is 12.1 Å². The van der Waals surface area contributed by atoms with Crippen LogP contribution in [0.25, 0.3) is 0 Å². The maximum absolute atomic E-state index is 13.3. The van der Waals surface area contributed by atoms with Crippen LogP contribution >= 0.6 is 0 Å². The van der Waals surface area contributed by atoms with Crippen LogP contribution in [0.5, 0.6) is 0 Å². The monoisotopic (exact) mass is 194 g/mol. The van der Waals surface area contributed by atoms with Crippen molar-refractivity contribution in [2.24, 2.45) is 11.7 Å².